The Labute approximate surface area is 135 Å². The Morgan fingerprint density at radius 3 is 2.19 bits per heavy atom. The number of nitrogens with two attached hydrogens (primary N) is 1. The average molecular weight is 324 g/mol. The monoisotopic (exact) mass is 323 g/mol. The molecule has 0 heterocycles. The van der Waals surface area contributed by atoms with Crippen LogP contribution in [0.5, 0.6) is 11.5 Å². The van der Waals surface area contributed by atoms with E-state index in [4.69, 9.17) is 33.7 Å². The molecule has 2 N–H and O–H groups in total. The first-order chi connectivity index (χ1) is 9.68. The number of nitrogen functional groups attached to an aromatic ring is 1. The standard InChI is InChI=1S/C17H19Cl2NO/c1-10-5-6-11(17(2,3)4)15(7-10)21-16-9-13(19)12(18)8-14(16)20/h5-9H,20H2,1-4H3. The van der Waals surface area contributed by atoms with E-state index in [2.05, 4.69) is 32.9 Å². The first kappa shape index (κ1) is 16.0. The first-order valence-corrected chi connectivity index (χ1v) is 7.47. The minimum absolute atomic E-state index is 0.0337. The fourth-order valence-corrected chi connectivity index (χ4v) is 2.41. The lowest BCUT2D eigenvalue weighted by atomic mass is 9.86. The zero-order valence-corrected chi connectivity index (χ0v) is 14.1. The summed E-state index contributed by atoms with van der Waals surface area (Å²) in [5.41, 5.74) is 8.63. The fourth-order valence-electron chi connectivity index (χ4n) is 2.08. The van der Waals surface area contributed by atoms with E-state index in [1.165, 1.54) is 0 Å². The molecule has 112 valence electrons. The molecule has 0 bridgehead atoms. The van der Waals surface area contributed by atoms with Gasteiger partial charge in [-0.15, -0.1) is 0 Å². The normalized spacial score (nSPS) is 11.5. The van der Waals surface area contributed by atoms with Crippen LogP contribution in [-0.4, -0.2) is 0 Å². The second kappa shape index (κ2) is 5.78. The van der Waals surface area contributed by atoms with Crippen LogP contribution in [-0.2, 0) is 5.41 Å². The van der Waals surface area contributed by atoms with Gasteiger partial charge in [0.15, 0.2) is 5.75 Å². The summed E-state index contributed by atoms with van der Waals surface area (Å²) in [6.07, 6.45) is 0. The highest BCUT2D eigenvalue weighted by Crippen LogP contribution is 2.39. The highest BCUT2D eigenvalue weighted by molar-refractivity contribution is 6.42. The second-order valence-electron chi connectivity index (χ2n) is 6.16. The van der Waals surface area contributed by atoms with Crippen LogP contribution in [0.2, 0.25) is 10.0 Å². The van der Waals surface area contributed by atoms with Crippen molar-refractivity contribution in [3.8, 4) is 11.5 Å². The van der Waals surface area contributed by atoms with Gasteiger partial charge in [-0.3, -0.25) is 0 Å². The quantitative estimate of drug-likeness (QED) is 0.690. The molecule has 0 saturated heterocycles. The van der Waals surface area contributed by atoms with Crippen LogP contribution in [0, 0.1) is 6.92 Å². The zero-order chi connectivity index (χ0) is 15.8. The van der Waals surface area contributed by atoms with E-state index in [1.54, 1.807) is 12.1 Å². The number of hydrogen-bond acceptors (Lipinski definition) is 2. The lowest BCUT2D eigenvalue weighted by Crippen LogP contribution is -2.12. The van der Waals surface area contributed by atoms with E-state index in [-0.39, 0.29) is 5.41 Å². The molecular formula is C17H19Cl2NO. The van der Waals surface area contributed by atoms with Crippen LogP contribution in [0.25, 0.3) is 0 Å². The van der Waals surface area contributed by atoms with Gasteiger partial charge in [-0.05, 0) is 30.0 Å². The molecule has 21 heavy (non-hydrogen) atoms. The summed E-state index contributed by atoms with van der Waals surface area (Å²) in [4.78, 5) is 0. The van der Waals surface area contributed by atoms with E-state index in [0.717, 1.165) is 16.9 Å². The number of benzene rings is 2. The molecule has 0 spiro atoms. The van der Waals surface area contributed by atoms with E-state index >= 15 is 0 Å². The molecule has 4 heteroatoms. The van der Waals surface area contributed by atoms with Crippen molar-refractivity contribution in [2.24, 2.45) is 0 Å². The van der Waals surface area contributed by atoms with Crippen LogP contribution in [0.3, 0.4) is 0 Å². The Hall–Kier alpha value is -1.38. The minimum Gasteiger partial charge on any atom is -0.455 e. The molecule has 2 nitrogen and oxygen atoms in total. The summed E-state index contributed by atoms with van der Waals surface area (Å²) in [7, 11) is 0. The number of hydrogen-bond donors (Lipinski definition) is 1. The number of rotatable bonds is 2. The maximum absolute atomic E-state index is 6.05. The second-order valence-corrected chi connectivity index (χ2v) is 6.97. The SMILES string of the molecule is Cc1ccc(C(C)(C)C)c(Oc2cc(Cl)c(Cl)cc2N)c1. The lowest BCUT2D eigenvalue weighted by molar-refractivity contribution is 0.457. The van der Waals surface area contributed by atoms with Crippen LogP contribution >= 0.6 is 23.2 Å². The van der Waals surface area contributed by atoms with Crippen molar-refractivity contribution >= 4 is 28.9 Å². The summed E-state index contributed by atoms with van der Waals surface area (Å²) in [6, 6.07) is 9.41. The third kappa shape index (κ3) is 3.63. The summed E-state index contributed by atoms with van der Waals surface area (Å²) in [5.74, 6) is 1.30. The van der Waals surface area contributed by atoms with Gasteiger partial charge in [0.2, 0.25) is 0 Å². The van der Waals surface area contributed by atoms with Gasteiger partial charge in [-0.1, -0.05) is 56.1 Å². The first-order valence-electron chi connectivity index (χ1n) is 6.72. The Bertz CT molecular complexity index is 675. The van der Waals surface area contributed by atoms with Gasteiger partial charge in [0.1, 0.15) is 5.75 Å². The highest BCUT2D eigenvalue weighted by atomic mass is 35.5. The lowest BCUT2D eigenvalue weighted by Gasteiger charge is -2.23. The van der Waals surface area contributed by atoms with Crippen molar-refractivity contribution in [2.45, 2.75) is 33.1 Å². The summed E-state index contributed by atoms with van der Waals surface area (Å²) < 4.78 is 6.02. The molecule has 0 saturated carbocycles. The molecule has 0 atom stereocenters. The largest absolute Gasteiger partial charge is 0.455 e. The molecule has 0 unspecified atom stereocenters. The van der Waals surface area contributed by atoms with Crippen molar-refractivity contribution in [3.05, 3.63) is 51.5 Å². The third-order valence-corrected chi connectivity index (χ3v) is 3.94. The van der Waals surface area contributed by atoms with Crippen LogP contribution in [0.4, 0.5) is 5.69 Å². The van der Waals surface area contributed by atoms with E-state index in [1.807, 2.05) is 13.0 Å². The molecule has 0 aliphatic heterocycles. The highest BCUT2D eigenvalue weighted by Gasteiger charge is 2.20. The summed E-state index contributed by atoms with van der Waals surface area (Å²) in [6.45, 7) is 8.45. The van der Waals surface area contributed by atoms with Gasteiger partial charge in [-0.25, -0.2) is 0 Å². The molecule has 0 amide bonds. The molecule has 0 fully saturated rings. The number of anilines is 1. The van der Waals surface area contributed by atoms with Crippen LogP contribution < -0.4 is 10.5 Å². The fraction of sp³-hybridized carbons (Fsp3) is 0.294. The van der Waals surface area contributed by atoms with Gasteiger partial charge >= 0.3 is 0 Å². The molecule has 0 radical (unpaired) electrons. The predicted octanol–water partition coefficient (Wildman–Crippen LogP) is 5.97. The van der Waals surface area contributed by atoms with Gasteiger partial charge in [0.25, 0.3) is 0 Å². The third-order valence-electron chi connectivity index (χ3n) is 3.22. The molecule has 2 aromatic rings. The van der Waals surface area contributed by atoms with Gasteiger partial charge in [-0.2, -0.15) is 0 Å². The van der Waals surface area contributed by atoms with Crippen LogP contribution in [0.15, 0.2) is 30.3 Å². The Morgan fingerprint density at radius 2 is 1.57 bits per heavy atom. The van der Waals surface area contributed by atoms with Crippen molar-refractivity contribution in [3.63, 3.8) is 0 Å². The van der Waals surface area contributed by atoms with Gasteiger partial charge in [0, 0.05) is 11.6 Å². The molecule has 0 aliphatic carbocycles. The topological polar surface area (TPSA) is 35.2 Å². The number of halogens is 2. The predicted molar refractivity (Wildman–Crippen MR) is 90.8 cm³/mol. The van der Waals surface area contributed by atoms with Crippen molar-refractivity contribution < 1.29 is 4.74 Å². The molecular weight excluding hydrogens is 305 g/mol. The van der Waals surface area contributed by atoms with E-state index in [9.17, 15) is 0 Å². The Balaban J connectivity index is 2.49. The Kier molecular flexibility index (Phi) is 4.40. The van der Waals surface area contributed by atoms with Crippen molar-refractivity contribution in [1.82, 2.24) is 0 Å². The number of aryl methyl sites for hydroxylation is 1. The molecule has 0 aromatic heterocycles. The van der Waals surface area contributed by atoms with Crippen LogP contribution in [0.1, 0.15) is 31.9 Å². The van der Waals surface area contributed by atoms with Crippen molar-refractivity contribution in [1.29, 1.82) is 0 Å². The number of ether oxygens (including phenoxy) is 1. The molecule has 2 aromatic carbocycles. The zero-order valence-electron chi connectivity index (χ0n) is 12.6. The van der Waals surface area contributed by atoms with Gasteiger partial charge in [0.05, 0.1) is 15.7 Å². The van der Waals surface area contributed by atoms with Crippen molar-refractivity contribution in [2.75, 3.05) is 5.73 Å². The Morgan fingerprint density at radius 1 is 0.952 bits per heavy atom. The molecule has 2 rings (SSSR count). The van der Waals surface area contributed by atoms with Gasteiger partial charge < -0.3 is 10.5 Å². The van der Waals surface area contributed by atoms with E-state index in [0.29, 0.717) is 21.5 Å². The molecule has 0 aliphatic rings. The smallest absolute Gasteiger partial charge is 0.151 e. The summed E-state index contributed by atoms with van der Waals surface area (Å²) >= 11 is 12.0. The maximum atomic E-state index is 6.05. The maximum Gasteiger partial charge on any atom is 0.151 e. The summed E-state index contributed by atoms with van der Waals surface area (Å²) in [5, 5.41) is 0.840. The average Bonchev–Trinajstić information content (AvgIpc) is 2.34. The van der Waals surface area contributed by atoms with E-state index < -0.39 is 0 Å². The minimum atomic E-state index is -0.0337.